The average Bonchev–Trinajstić information content (AvgIpc) is 2.77. The van der Waals surface area contributed by atoms with Crippen LogP contribution < -0.4 is 21.1 Å². The molecule has 9 heteroatoms. The lowest BCUT2D eigenvalue weighted by Crippen LogP contribution is -2.41. The number of carbonyl (C=O) groups excluding carboxylic acids is 1. The van der Waals surface area contributed by atoms with Gasteiger partial charge in [-0.1, -0.05) is 23.7 Å². The third-order valence-corrected chi connectivity index (χ3v) is 6.91. The number of amides is 2. The van der Waals surface area contributed by atoms with E-state index in [4.69, 9.17) is 27.1 Å². The van der Waals surface area contributed by atoms with Crippen LogP contribution in [0.3, 0.4) is 0 Å². The number of anilines is 1. The number of rotatable bonds is 5. The summed E-state index contributed by atoms with van der Waals surface area (Å²) in [4.78, 5) is 25.0. The van der Waals surface area contributed by atoms with Gasteiger partial charge >= 0.3 is 6.03 Å². The Labute approximate surface area is 205 Å². The summed E-state index contributed by atoms with van der Waals surface area (Å²) in [5, 5.41) is 6.48. The van der Waals surface area contributed by atoms with Gasteiger partial charge in [-0.25, -0.2) is 14.8 Å². The lowest BCUT2D eigenvalue weighted by Gasteiger charge is -2.33. The summed E-state index contributed by atoms with van der Waals surface area (Å²) < 4.78 is 6.16. The van der Waals surface area contributed by atoms with Gasteiger partial charge in [0, 0.05) is 23.7 Å². The SMILES string of the molecule is CCNC(=O)NC[C@H]1CC[C@H](c2ccc(C3=Nc4c(N)nc(C)nc4OC3(C)C)cc2Cl)CC1. The van der Waals surface area contributed by atoms with Gasteiger partial charge in [0.05, 0.1) is 5.71 Å². The first-order chi connectivity index (χ1) is 16.2. The molecule has 2 aliphatic rings. The average molecular weight is 485 g/mol. The van der Waals surface area contributed by atoms with Gasteiger partial charge < -0.3 is 21.1 Å². The number of nitrogens with one attached hydrogen (secondary N) is 2. The van der Waals surface area contributed by atoms with E-state index in [0.717, 1.165) is 47.5 Å². The summed E-state index contributed by atoms with van der Waals surface area (Å²) in [6.45, 7) is 8.96. The number of aliphatic imine (C=N–C) groups is 1. The predicted octanol–water partition coefficient (Wildman–Crippen LogP) is 4.91. The van der Waals surface area contributed by atoms with Crippen LogP contribution in [0.4, 0.5) is 16.3 Å². The van der Waals surface area contributed by atoms with Crippen molar-refractivity contribution in [1.82, 2.24) is 20.6 Å². The summed E-state index contributed by atoms with van der Waals surface area (Å²) in [7, 11) is 0. The van der Waals surface area contributed by atoms with Gasteiger partial charge in [0.15, 0.2) is 11.5 Å². The molecule has 1 aliphatic heterocycles. The van der Waals surface area contributed by atoms with Crippen molar-refractivity contribution in [3.05, 3.63) is 40.2 Å². The Bertz CT molecular complexity index is 1110. The Morgan fingerprint density at radius 1 is 1.21 bits per heavy atom. The van der Waals surface area contributed by atoms with Crippen LogP contribution in [0.15, 0.2) is 23.2 Å². The van der Waals surface area contributed by atoms with Crippen molar-refractivity contribution in [2.45, 2.75) is 64.9 Å². The molecular weight excluding hydrogens is 452 g/mol. The van der Waals surface area contributed by atoms with Crippen molar-refractivity contribution in [1.29, 1.82) is 0 Å². The number of hydrogen-bond acceptors (Lipinski definition) is 6. The van der Waals surface area contributed by atoms with Gasteiger partial charge in [-0.2, -0.15) is 4.98 Å². The van der Waals surface area contributed by atoms with E-state index in [1.54, 1.807) is 6.92 Å². The minimum absolute atomic E-state index is 0.0909. The zero-order valence-electron chi connectivity index (χ0n) is 20.2. The normalized spacial score (nSPS) is 21.1. The molecule has 1 aromatic heterocycles. The van der Waals surface area contributed by atoms with Gasteiger partial charge in [0.1, 0.15) is 11.4 Å². The Balaban J connectivity index is 1.48. The molecule has 0 radical (unpaired) electrons. The molecule has 0 bridgehead atoms. The first-order valence-electron chi connectivity index (χ1n) is 11.9. The molecule has 2 heterocycles. The molecule has 0 unspecified atom stereocenters. The van der Waals surface area contributed by atoms with Crippen molar-refractivity contribution in [2.75, 3.05) is 18.8 Å². The minimum Gasteiger partial charge on any atom is -0.463 e. The summed E-state index contributed by atoms with van der Waals surface area (Å²) in [6, 6.07) is 6.05. The van der Waals surface area contributed by atoms with E-state index in [1.165, 1.54) is 0 Å². The second-order valence-corrected chi connectivity index (χ2v) is 9.98. The van der Waals surface area contributed by atoms with Crippen molar-refractivity contribution in [2.24, 2.45) is 10.9 Å². The number of nitrogen functional groups attached to an aromatic ring is 1. The molecule has 34 heavy (non-hydrogen) atoms. The van der Waals surface area contributed by atoms with Crippen LogP contribution in [0.25, 0.3) is 0 Å². The number of benzene rings is 1. The van der Waals surface area contributed by atoms with E-state index in [-0.39, 0.29) is 6.03 Å². The Hall–Kier alpha value is -2.87. The quantitative estimate of drug-likeness (QED) is 0.558. The zero-order chi connectivity index (χ0) is 24.5. The number of aryl methyl sites for hydroxylation is 1. The topological polar surface area (TPSA) is 115 Å². The van der Waals surface area contributed by atoms with Crippen molar-refractivity contribution in [3.8, 4) is 5.88 Å². The fourth-order valence-electron chi connectivity index (χ4n) is 4.83. The van der Waals surface area contributed by atoms with Crippen LogP contribution in [0, 0.1) is 12.8 Å². The van der Waals surface area contributed by atoms with Gasteiger partial charge in [-0.3, -0.25) is 0 Å². The molecule has 1 aliphatic carbocycles. The highest BCUT2D eigenvalue weighted by atomic mass is 35.5. The monoisotopic (exact) mass is 484 g/mol. The molecule has 0 saturated heterocycles. The van der Waals surface area contributed by atoms with E-state index < -0.39 is 5.60 Å². The minimum atomic E-state index is -0.694. The number of halogens is 1. The molecule has 2 amide bonds. The van der Waals surface area contributed by atoms with Crippen LogP contribution in [0.5, 0.6) is 5.88 Å². The number of carbonyl (C=O) groups is 1. The maximum absolute atomic E-state index is 11.7. The molecule has 2 aromatic rings. The first kappa shape index (κ1) is 24.3. The molecule has 4 N–H and O–H groups in total. The zero-order valence-corrected chi connectivity index (χ0v) is 21.0. The lowest BCUT2D eigenvalue weighted by molar-refractivity contribution is 0.171. The third kappa shape index (κ3) is 5.12. The molecule has 1 aromatic carbocycles. The summed E-state index contributed by atoms with van der Waals surface area (Å²) >= 11 is 6.79. The Kier molecular flexibility index (Phi) is 6.98. The number of nitrogens with two attached hydrogens (primary N) is 1. The third-order valence-electron chi connectivity index (χ3n) is 6.59. The van der Waals surface area contributed by atoms with E-state index in [2.05, 4.69) is 32.7 Å². The molecule has 0 spiro atoms. The number of nitrogens with zero attached hydrogens (tertiary/aromatic N) is 3. The number of fused-ring (bicyclic) bond motifs is 1. The largest absolute Gasteiger partial charge is 0.463 e. The lowest BCUT2D eigenvalue weighted by atomic mass is 9.78. The standard InChI is InChI=1S/C25H33ClN6O2/c1-5-28-24(33)29-13-15-6-8-16(9-7-15)18-11-10-17(12-19(18)26)21-25(3,4)34-23-20(32-21)22(27)30-14(2)31-23/h10-12,15-16H,5-9,13H2,1-4H3,(H2,27,30,31)(H2,28,29,33)/t15-,16-. The first-order valence-corrected chi connectivity index (χ1v) is 12.3. The van der Waals surface area contributed by atoms with E-state index in [1.807, 2.05) is 26.8 Å². The second-order valence-electron chi connectivity index (χ2n) is 9.58. The summed E-state index contributed by atoms with van der Waals surface area (Å²) in [6.07, 6.45) is 4.24. The van der Waals surface area contributed by atoms with E-state index in [0.29, 0.717) is 48.1 Å². The van der Waals surface area contributed by atoms with Gasteiger partial charge in [-0.15, -0.1) is 0 Å². The number of urea groups is 1. The predicted molar refractivity (Wildman–Crippen MR) is 135 cm³/mol. The molecule has 182 valence electrons. The summed E-state index contributed by atoms with van der Waals surface area (Å²) in [5.41, 5.74) is 8.66. The Morgan fingerprint density at radius 2 is 1.94 bits per heavy atom. The second kappa shape index (κ2) is 9.78. The summed E-state index contributed by atoms with van der Waals surface area (Å²) in [5.74, 6) is 2.17. The van der Waals surface area contributed by atoms with Gasteiger partial charge in [-0.05, 0) is 76.8 Å². The van der Waals surface area contributed by atoms with Crippen LogP contribution in [-0.4, -0.2) is 40.4 Å². The number of hydrogen-bond donors (Lipinski definition) is 3. The molecule has 4 rings (SSSR count). The van der Waals surface area contributed by atoms with Crippen molar-refractivity contribution < 1.29 is 9.53 Å². The maximum Gasteiger partial charge on any atom is 0.314 e. The molecule has 0 atom stereocenters. The smallest absolute Gasteiger partial charge is 0.314 e. The molecule has 1 saturated carbocycles. The molecule has 1 fully saturated rings. The van der Waals surface area contributed by atoms with Gasteiger partial charge in [0.25, 0.3) is 0 Å². The highest BCUT2D eigenvalue weighted by Gasteiger charge is 2.36. The van der Waals surface area contributed by atoms with Gasteiger partial charge in [0.2, 0.25) is 5.88 Å². The van der Waals surface area contributed by atoms with Crippen molar-refractivity contribution in [3.63, 3.8) is 0 Å². The fourth-order valence-corrected chi connectivity index (χ4v) is 5.16. The van der Waals surface area contributed by atoms with Crippen LogP contribution in [0.1, 0.15) is 69.3 Å². The Morgan fingerprint density at radius 3 is 2.62 bits per heavy atom. The number of aromatic nitrogens is 2. The van der Waals surface area contributed by atoms with Crippen LogP contribution >= 0.6 is 11.6 Å². The van der Waals surface area contributed by atoms with E-state index in [9.17, 15) is 4.79 Å². The maximum atomic E-state index is 11.7. The molecular formula is C25H33ClN6O2. The molecule has 8 nitrogen and oxygen atoms in total. The van der Waals surface area contributed by atoms with E-state index >= 15 is 0 Å². The van der Waals surface area contributed by atoms with Crippen LogP contribution in [-0.2, 0) is 0 Å². The van der Waals surface area contributed by atoms with Crippen molar-refractivity contribution >= 4 is 34.8 Å². The number of ether oxygens (including phenoxy) is 1. The van der Waals surface area contributed by atoms with Crippen LogP contribution in [0.2, 0.25) is 5.02 Å². The highest BCUT2D eigenvalue weighted by molar-refractivity contribution is 6.32. The highest BCUT2D eigenvalue weighted by Crippen LogP contribution is 2.42. The fraction of sp³-hybridized carbons (Fsp3) is 0.520.